The van der Waals surface area contributed by atoms with E-state index in [1.165, 1.54) is 0 Å². The van der Waals surface area contributed by atoms with E-state index >= 15 is 0 Å². The number of carbonyl (C=O) groups excluding carboxylic acids is 3. The van der Waals surface area contributed by atoms with Crippen molar-refractivity contribution in [3.05, 3.63) is 62.7 Å². The Hall–Kier alpha value is -4.00. The van der Waals surface area contributed by atoms with E-state index in [9.17, 15) is 28.4 Å². The molecule has 0 radical (unpaired) electrons. The molecular formula is C22H30FN7O5. The molecule has 13 heteroatoms. The first-order valence-electron chi connectivity index (χ1n) is 11.0. The van der Waals surface area contributed by atoms with Crippen LogP contribution in [0.5, 0.6) is 0 Å². The summed E-state index contributed by atoms with van der Waals surface area (Å²) in [5.74, 6) is -2.20. The van der Waals surface area contributed by atoms with E-state index < -0.39 is 47.0 Å². The zero-order valence-electron chi connectivity index (χ0n) is 19.5. The average molecular weight is 492 g/mol. The van der Waals surface area contributed by atoms with Crippen LogP contribution in [0.25, 0.3) is 0 Å². The highest BCUT2D eigenvalue weighted by Gasteiger charge is 2.25. The van der Waals surface area contributed by atoms with E-state index in [0.29, 0.717) is 28.4 Å². The average Bonchev–Trinajstić information content (AvgIpc) is 2.81. The van der Waals surface area contributed by atoms with Gasteiger partial charge in [0.25, 0.3) is 5.56 Å². The van der Waals surface area contributed by atoms with Crippen LogP contribution in [0.1, 0.15) is 32.3 Å². The van der Waals surface area contributed by atoms with Crippen molar-refractivity contribution in [2.45, 2.75) is 45.3 Å². The van der Waals surface area contributed by atoms with Crippen molar-refractivity contribution < 1.29 is 18.8 Å². The van der Waals surface area contributed by atoms with Crippen molar-refractivity contribution in [2.24, 2.45) is 17.4 Å². The fraction of sp³-hybridized carbons (Fsp3) is 0.409. The van der Waals surface area contributed by atoms with Crippen molar-refractivity contribution >= 4 is 23.5 Å². The lowest BCUT2D eigenvalue weighted by Gasteiger charge is -2.22. The quantitative estimate of drug-likeness (QED) is 0.231. The maximum Gasteiger partial charge on any atom is 0.328 e. The monoisotopic (exact) mass is 491 g/mol. The molecule has 12 nitrogen and oxygen atoms in total. The standard InChI is InChI=1S/C22H30FN7O5/c1-12(2)17(24)19(32)29-16(4-3-9-26-21(25)34)18(31)28-14-7-5-13(6-8-14)11-30-20(33)15(23)10-27-22(30)35/h5-8,10,12,16-17H,3-4,9,11,24H2,1-2H3,(H,27,35)(H,28,31)(H,29,32)(H3,25,26,34)/t16-,17-/m0/s1. The Morgan fingerprint density at radius 2 is 1.77 bits per heavy atom. The van der Waals surface area contributed by atoms with Crippen molar-refractivity contribution in [3.8, 4) is 0 Å². The largest absolute Gasteiger partial charge is 0.352 e. The summed E-state index contributed by atoms with van der Waals surface area (Å²) in [6.45, 7) is 3.62. The lowest BCUT2D eigenvalue weighted by atomic mass is 10.0. The molecule has 0 bridgehead atoms. The van der Waals surface area contributed by atoms with Gasteiger partial charge in [-0.1, -0.05) is 26.0 Å². The summed E-state index contributed by atoms with van der Waals surface area (Å²) in [5.41, 5.74) is 10.0. The molecule has 1 aromatic carbocycles. The van der Waals surface area contributed by atoms with Crippen LogP contribution < -0.4 is 38.7 Å². The zero-order chi connectivity index (χ0) is 26.1. The number of hydrogen-bond acceptors (Lipinski definition) is 6. The smallest absolute Gasteiger partial charge is 0.328 e. The molecule has 0 aliphatic heterocycles. The van der Waals surface area contributed by atoms with Gasteiger partial charge in [0.05, 0.1) is 12.6 Å². The zero-order valence-corrected chi connectivity index (χ0v) is 19.5. The number of carbonyl (C=O) groups is 3. The van der Waals surface area contributed by atoms with Crippen molar-refractivity contribution in [1.29, 1.82) is 0 Å². The summed E-state index contributed by atoms with van der Waals surface area (Å²) in [4.78, 5) is 61.9. The number of nitrogens with zero attached hydrogens (tertiary/aromatic N) is 1. The van der Waals surface area contributed by atoms with Gasteiger partial charge >= 0.3 is 11.7 Å². The van der Waals surface area contributed by atoms with E-state index in [0.717, 1.165) is 0 Å². The van der Waals surface area contributed by atoms with Crippen LogP contribution in [0.15, 0.2) is 40.1 Å². The number of primary amides is 1. The number of amides is 4. The van der Waals surface area contributed by atoms with Gasteiger partial charge in [-0.3, -0.25) is 19.0 Å². The van der Waals surface area contributed by atoms with Crippen LogP contribution in [0.3, 0.4) is 0 Å². The summed E-state index contributed by atoms with van der Waals surface area (Å²) in [6.07, 6.45) is 1.28. The topological polar surface area (TPSA) is 194 Å². The third-order valence-electron chi connectivity index (χ3n) is 5.20. The van der Waals surface area contributed by atoms with Crippen LogP contribution in [-0.2, 0) is 16.1 Å². The van der Waals surface area contributed by atoms with E-state index in [-0.39, 0.29) is 25.4 Å². The Morgan fingerprint density at radius 3 is 2.37 bits per heavy atom. The molecule has 2 atom stereocenters. The fourth-order valence-corrected chi connectivity index (χ4v) is 3.09. The van der Waals surface area contributed by atoms with E-state index in [1.807, 2.05) is 0 Å². The van der Waals surface area contributed by atoms with Gasteiger partial charge in [-0.2, -0.15) is 4.39 Å². The number of nitrogens with one attached hydrogen (secondary N) is 4. The SMILES string of the molecule is CC(C)[C@H](N)C(=O)N[C@@H](CCCNC(N)=O)C(=O)Nc1ccc(Cn2c(=O)[nH]cc(F)c2=O)cc1. The molecule has 8 N–H and O–H groups in total. The number of benzene rings is 1. The fourth-order valence-electron chi connectivity index (χ4n) is 3.09. The van der Waals surface area contributed by atoms with Gasteiger partial charge in [-0.05, 0) is 36.5 Å². The minimum atomic E-state index is -1.08. The Labute approximate surface area is 200 Å². The number of halogens is 1. The van der Waals surface area contributed by atoms with Gasteiger partial charge in [0, 0.05) is 18.4 Å². The molecule has 1 heterocycles. The Kier molecular flexibility index (Phi) is 9.70. The van der Waals surface area contributed by atoms with Gasteiger partial charge in [-0.15, -0.1) is 0 Å². The van der Waals surface area contributed by atoms with E-state index in [2.05, 4.69) is 20.9 Å². The van der Waals surface area contributed by atoms with Crippen LogP contribution in [0, 0.1) is 11.7 Å². The molecule has 35 heavy (non-hydrogen) atoms. The molecule has 1 aromatic heterocycles. The van der Waals surface area contributed by atoms with Crippen LogP contribution >= 0.6 is 0 Å². The summed E-state index contributed by atoms with van der Waals surface area (Å²) < 4.78 is 14.2. The number of anilines is 1. The van der Waals surface area contributed by atoms with Crippen LogP contribution in [0.2, 0.25) is 0 Å². The van der Waals surface area contributed by atoms with Crippen LogP contribution in [-0.4, -0.2) is 46.0 Å². The van der Waals surface area contributed by atoms with Crippen molar-refractivity contribution in [2.75, 3.05) is 11.9 Å². The molecular weight excluding hydrogens is 461 g/mol. The van der Waals surface area contributed by atoms with E-state index in [4.69, 9.17) is 11.5 Å². The predicted octanol–water partition coefficient (Wildman–Crippen LogP) is -0.421. The Bertz CT molecular complexity index is 1160. The number of urea groups is 1. The second kappa shape index (κ2) is 12.5. The number of aromatic amines is 1. The molecule has 0 saturated carbocycles. The first-order valence-corrected chi connectivity index (χ1v) is 11.0. The summed E-state index contributed by atoms with van der Waals surface area (Å²) >= 11 is 0. The Balaban J connectivity index is 2.09. The van der Waals surface area contributed by atoms with Gasteiger partial charge in [-0.25, -0.2) is 9.59 Å². The predicted molar refractivity (Wildman–Crippen MR) is 127 cm³/mol. The molecule has 2 rings (SSSR count). The number of rotatable bonds is 11. The van der Waals surface area contributed by atoms with E-state index in [1.54, 1.807) is 38.1 Å². The Morgan fingerprint density at radius 1 is 1.11 bits per heavy atom. The number of aromatic nitrogens is 2. The highest BCUT2D eigenvalue weighted by Crippen LogP contribution is 2.12. The van der Waals surface area contributed by atoms with Crippen molar-refractivity contribution in [3.63, 3.8) is 0 Å². The number of nitrogens with two attached hydrogens (primary N) is 2. The minimum absolute atomic E-state index is 0.138. The van der Waals surface area contributed by atoms with Gasteiger partial charge in [0.1, 0.15) is 6.04 Å². The molecule has 190 valence electrons. The van der Waals surface area contributed by atoms with Gasteiger partial charge in [0.2, 0.25) is 17.6 Å². The molecule has 4 amide bonds. The number of hydrogen-bond donors (Lipinski definition) is 6. The lowest BCUT2D eigenvalue weighted by molar-refractivity contribution is -0.128. The molecule has 2 aromatic rings. The molecule has 0 fully saturated rings. The normalized spacial score (nSPS) is 12.6. The second-order valence-electron chi connectivity index (χ2n) is 8.28. The minimum Gasteiger partial charge on any atom is -0.352 e. The molecule has 0 spiro atoms. The van der Waals surface area contributed by atoms with Gasteiger partial charge < -0.3 is 32.4 Å². The third kappa shape index (κ3) is 8.07. The molecule has 0 aliphatic carbocycles. The highest BCUT2D eigenvalue weighted by atomic mass is 19.1. The highest BCUT2D eigenvalue weighted by molar-refractivity contribution is 5.97. The first kappa shape index (κ1) is 27.2. The maximum atomic E-state index is 13.5. The molecule has 0 saturated heterocycles. The summed E-state index contributed by atoms with van der Waals surface area (Å²) in [7, 11) is 0. The van der Waals surface area contributed by atoms with Gasteiger partial charge in [0.15, 0.2) is 0 Å². The summed E-state index contributed by atoms with van der Waals surface area (Å²) in [5, 5.41) is 7.74. The lowest BCUT2D eigenvalue weighted by Crippen LogP contribution is -2.51. The van der Waals surface area contributed by atoms with Crippen LogP contribution in [0.4, 0.5) is 14.9 Å². The first-order chi connectivity index (χ1) is 16.5. The summed E-state index contributed by atoms with van der Waals surface area (Å²) in [6, 6.07) is 3.78. The number of H-pyrrole nitrogens is 1. The van der Waals surface area contributed by atoms with Crippen molar-refractivity contribution in [1.82, 2.24) is 20.2 Å². The molecule has 0 unspecified atom stereocenters. The third-order valence-corrected chi connectivity index (χ3v) is 5.20. The molecule has 0 aliphatic rings. The maximum absolute atomic E-state index is 13.5. The second-order valence-corrected chi connectivity index (χ2v) is 8.28.